The third-order valence-electron chi connectivity index (χ3n) is 3.20. The molecule has 2 aromatic rings. The first-order valence-corrected chi connectivity index (χ1v) is 7.85. The third kappa shape index (κ3) is 4.05. The summed E-state index contributed by atoms with van der Waals surface area (Å²) in [6, 6.07) is 7.80. The maximum absolute atomic E-state index is 12.2. The number of thiazole rings is 1. The number of aliphatic hydroxyl groups excluding tert-OH is 1. The summed E-state index contributed by atoms with van der Waals surface area (Å²) in [5.41, 5.74) is 1.87. The number of aromatic nitrogens is 1. The highest BCUT2D eigenvalue weighted by molar-refractivity contribution is 7.13. The third-order valence-corrected chi connectivity index (χ3v) is 4.32. The number of aliphatic hydroxyl groups is 1. The van der Waals surface area contributed by atoms with Gasteiger partial charge in [0.2, 0.25) is 0 Å². The van der Waals surface area contributed by atoms with Crippen molar-refractivity contribution in [1.82, 2.24) is 9.88 Å². The van der Waals surface area contributed by atoms with E-state index in [-0.39, 0.29) is 12.5 Å². The van der Waals surface area contributed by atoms with Crippen LogP contribution in [0.15, 0.2) is 24.3 Å². The van der Waals surface area contributed by atoms with Gasteiger partial charge in [0.1, 0.15) is 22.2 Å². The molecule has 0 unspecified atom stereocenters. The van der Waals surface area contributed by atoms with Crippen LogP contribution in [0.5, 0.6) is 5.75 Å². The Kier molecular flexibility index (Phi) is 5.51. The van der Waals surface area contributed by atoms with Crippen LogP contribution in [-0.2, 0) is 6.61 Å². The van der Waals surface area contributed by atoms with Crippen LogP contribution in [-0.4, -0.2) is 41.1 Å². The molecule has 0 aliphatic heterocycles. The summed E-state index contributed by atoms with van der Waals surface area (Å²) in [6.45, 7) is 4.43. The highest BCUT2D eigenvalue weighted by Crippen LogP contribution is 2.21. The predicted octanol–water partition coefficient (Wildman–Crippen LogP) is 2.40. The summed E-state index contributed by atoms with van der Waals surface area (Å²) in [7, 11) is 1.67. The first-order chi connectivity index (χ1) is 10.5. The molecule has 1 N–H and O–H groups in total. The SMILES string of the molecule is Cc1ccc(OCc2nc(C)c(C(=O)N(C)CCO)s2)cc1. The van der Waals surface area contributed by atoms with Gasteiger partial charge in [-0.15, -0.1) is 11.3 Å². The molecule has 0 bridgehead atoms. The Balaban J connectivity index is 2.03. The molecule has 0 aliphatic carbocycles. The van der Waals surface area contributed by atoms with E-state index in [1.54, 1.807) is 7.05 Å². The maximum Gasteiger partial charge on any atom is 0.265 e. The number of carbonyl (C=O) groups is 1. The van der Waals surface area contributed by atoms with Crippen LogP contribution in [0.1, 0.15) is 25.9 Å². The van der Waals surface area contributed by atoms with E-state index in [4.69, 9.17) is 9.84 Å². The Morgan fingerprint density at radius 3 is 2.64 bits per heavy atom. The smallest absolute Gasteiger partial charge is 0.265 e. The minimum Gasteiger partial charge on any atom is -0.486 e. The van der Waals surface area contributed by atoms with Gasteiger partial charge >= 0.3 is 0 Å². The van der Waals surface area contributed by atoms with Crippen LogP contribution in [0.4, 0.5) is 0 Å². The van der Waals surface area contributed by atoms with E-state index >= 15 is 0 Å². The van der Waals surface area contributed by atoms with Gasteiger partial charge in [-0.3, -0.25) is 4.79 Å². The fraction of sp³-hybridized carbons (Fsp3) is 0.375. The first-order valence-electron chi connectivity index (χ1n) is 7.03. The first kappa shape index (κ1) is 16.5. The summed E-state index contributed by atoms with van der Waals surface area (Å²) in [5.74, 6) is 0.661. The van der Waals surface area contributed by atoms with Crippen molar-refractivity contribution in [3.05, 3.63) is 45.4 Å². The van der Waals surface area contributed by atoms with Gasteiger partial charge < -0.3 is 14.7 Å². The van der Waals surface area contributed by atoms with Crippen LogP contribution in [0.3, 0.4) is 0 Å². The normalized spacial score (nSPS) is 10.5. The van der Waals surface area contributed by atoms with Crippen molar-refractivity contribution in [3.8, 4) is 5.75 Å². The average molecular weight is 320 g/mol. The Bertz CT molecular complexity index is 637. The highest BCUT2D eigenvalue weighted by Gasteiger charge is 2.18. The molecule has 6 heteroatoms. The minimum atomic E-state index is -0.120. The average Bonchev–Trinajstić information content (AvgIpc) is 2.87. The second kappa shape index (κ2) is 7.38. The van der Waals surface area contributed by atoms with Crippen LogP contribution in [0, 0.1) is 13.8 Å². The second-order valence-corrected chi connectivity index (χ2v) is 6.16. The molecule has 0 aliphatic rings. The fourth-order valence-corrected chi connectivity index (χ4v) is 2.89. The lowest BCUT2D eigenvalue weighted by atomic mass is 10.2. The van der Waals surface area contributed by atoms with E-state index in [0.717, 1.165) is 10.8 Å². The molecule has 22 heavy (non-hydrogen) atoms. The molecule has 0 spiro atoms. The molecule has 0 atom stereocenters. The van der Waals surface area contributed by atoms with Gasteiger partial charge in [0.15, 0.2) is 0 Å². The van der Waals surface area contributed by atoms with Crippen LogP contribution < -0.4 is 4.74 Å². The molecule has 5 nitrogen and oxygen atoms in total. The molecule has 1 amide bonds. The molecule has 1 heterocycles. The van der Waals surface area contributed by atoms with E-state index in [1.807, 2.05) is 38.1 Å². The molecular formula is C16H20N2O3S. The Labute approximate surface area is 134 Å². The maximum atomic E-state index is 12.2. The van der Waals surface area contributed by atoms with Gasteiger partial charge in [-0.05, 0) is 26.0 Å². The zero-order valence-corrected chi connectivity index (χ0v) is 13.8. The summed E-state index contributed by atoms with van der Waals surface area (Å²) in [4.78, 5) is 18.7. The lowest BCUT2D eigenvalue weighted by Gasteiger charge is -2.14. The number of ether oxygens (including phenoxy) is 1. The molecule has 2 rings (SSSR count). The highest BCUT2D eigenvalue weighted by atomic mass is 32.1. The monoisotopic (exact) mass is 320 g/mol. The number of hydrogen-bond acceptors (Lipinski definition) is 5. The zero-order valence-electron chi connectivity index (χ0n) is 13.0. The topological polar surface area (TPSA) is 62.7 Å². The second-order valence-electron chi connectivity index (χ2n) is 5.07. The number of aryl methyl sites for hydroxylation is 2. The summed E-state index contributed by atoms with van der Waals surface area (Å²) in [5, 5.41) is 9.67. The minimum absolute atomic E-state index is 0.0521. The van der Waals surface area contributed by atoms with Gasteiger partial charge in [-0.25, -0.2) is 4.98 Å². The Hall–Kier alpha value is -1.92. The van der Waals surface area contributed by atoms with Crippen molar-refractivity contribution in [2.45, 2.75) is 20.5 Å². The summed E-state index contributed by atoms with van der Waals surface area (Å²) in [6.07, 6.45) is 0. The van der Waals surface area contributed by atoms with Crippen molar-refractivity contribution in [2.75, 3.05) is 20.2 Å². The van der Waals surface area contributed by atoms with Gasteiger partial charge in [0.25, 0.3) is 5.91 Å². The van der Waals surface area contributed by atoms with Crippen molar-refractivity contribution in [2.24, 2.45) is 0 Å². The number of nitrogens with zero attached hydrogens (tertiary/aromatic N) is 2. The molecule has 0 saturated heterocycles. The number of likely N-dealkylation sites (N-methyl/N-ethyl adjacent to an activating group) is 1. The lowest BCUT2D eigenvalue weighted by Crippen LogP contribution is -2.29. The molecule has 0 saturated carbocycles. The van der Waals surface area contributed by atoms with E-state index < -0.39 is 0 Å². The lowest BCUT2D eigenvalue weighted by molar-refractivity contribution is 0.0771. The van der Waals surface area contributed by atoms with Crippen LogP contribution >= 0.6 is 11.3 Å². The van der Waals surface area contributed by atoms with Gasteiger partial charge in [-0.2, -0.15) is 0 Å². The van der Waals surface area contributed by atoms with Crippen molar-refractivity contribution < 1.29 is 14.6 Å². The van der Waals surface area contributed by atoms with E-state index in [1.165, 1.54) is 21.8 Å². The molecule has 1 aromatic carbocycles. The Morgan fingerprint density at radius 2 is 2.00 bits per heavy atom. The zero-order chi connectivity index (χ0) is 16.1. The van der Waals surface area contributed by atoms with E-state index in [9.17, 15) is 4.79 Å². The number of amides is 1. The number of benzene rings is 1. The van der Waals surface area contributed by atoms with Gasteiger partial charge in [0.05, 0.1) is 12.3 Å². The number of rotatable bonds is 6. The van der Waals surface area contributed by atoms with Crippen LogP contribution in [0.2, 0.25) is 0 Å². The quantitative estimate of drug-likeness (QED) is 0.888. The molecule has 0 radical (unpaired) electrons. The molecule has 118 valence electrons. The van der Waals surface area contributed by atoms with E-state index in [2.05, 4.69) is 4.98 Å². The van der Waals surface area contributed by atoms with E-state index in [0.29, 0.717) is 23.7 Å². The van der Waals surface area contributed by atoms with Crippen LogP contribution in [0.25, 0.3) is 0 Å². The van der Waals surface area contributed by atoms with Crippen molar-refractivity contribution in [1.29, 1.82) is 0 Å². The van der Waals surface area contributed by atoms with Gasteiger partial charge in [-0.1, -0.05) is 17.7 Å². The number of carbonyl (C=O) groups excluding carboxylic acids is 1. The van der Waals surface area contributed by atoms with Crippen molar-refractivity contribution in [3.63, 3.8) is 0 Å². The molecule has 0 fully saturated rings. The Morgan fingerprint density at radius 1 is 1.32 bits per heavy atom. The van der Waals surface area contributed by atoms with Gasteiger partial charge in [0, 0.05) is 13.6 Å². The summed E-state index contributed by atoms with van der Waals surface area (Å²) < 4.78 is 5.69. The summed E-state index contributed by atoms with van der Waals surface area (Å²) >= 11 is 1.34. The largest absolute Gasteiger partial charge is 0.486 e. The molecular weight excluding hydrogens is 300 g/mol. The standard InChI is InChI=1S/C16H20N2O3S/c1-11-4-6-13(7-5-11)21-10-14-17-12(2)15(22-14)16(20)18(3)8-9-19/h4-7,19H,8-10H2,1-3H3. The molecule has 1 aromatic heterocycles. The number of hydrogen-bond donors (Lipinski definition) is 1. The predicted molar refractivity (Wildman–Crippen MR) is 86.4 cm³/mol. The fourth-order valence-electron chi connectivity index (χ4n) is 1.92. The van der Waals surface area contributed by atoms with Crippen molar-refractivity contribution >= 4 is 17.2 Å².